The molecule has 4 aromatic rings. The molecule has 1 aliphatic carbocycles. The van der Waals surface area contributed by atoms with Gasteiger partial charge in [-0.15, -0.1) is 0 Å². The third-order valence-electron chi connectivity index (χ3n) is 12.0. The molecule has 0 heterocycles. The van der Waals surface area contributed by atoms with Crippen molar-refractivity contribution >= 4 is 76.2 Å². The molecule has 34 nitrogen and oxygen atoms in total. The number of nitrogens with two attached hydrogens (primary N) is 1. The van der Waals surface area contributed by atoms with Crippen LogP contribution in [0.4, 0.5) is 26.7 Å². The molecule has 2 amide bonds. The molecule has 0 saturated carbocycles. The Labute approximate surface area is 540 Å². The first-order valence-corrected chi connectivity index (χ1v) is 31.2. The summed E-state index contributed by atoms with van der Waals surface area (Å²) in [5.41, 5.74) is 5.51. The van der Waals surface area contributed by atoms with E-state index in [1.54, 1.807) is 54.6 Å². The van der Waals surface area contributed by atoms with Crippen molar-refractivity contribution in [2.24, 2.45) is 5.73 Å². The van der Waals surface area contributed by atoms with Crippen LogP contribution in [0.2, 0.25) is 0 Å². The number of nitro benzene ring substituents is 3. The summed E-state index contributed by atoms with van der Waals surface area (Å²) >= 11 is 0. The van der Waals surface area contributed by atoms with Crippen LogP contribution in [0.5, 0.6) is 17.2 Å². The van der Waals surface area contributed by atoms with E-state index in [1.807, 2.05) is 0 Å². The molecule has 37 heteroatoms. The number of nitrogens with one attached hydrogen (secondary N) is 2. The molecule has 94 heavy (non-hydrogen) atoms. The van der Waals surface area contributed by atoms with Gasteiger partial charge in [0.1, 0.15) is 55.4 Å². The number of aliphatic hydroxyl groups excluding tert-OH is 2. The highest BCUT2D eigenvalue weighted by molar-refractivity contribution is 7.58. The lowest BCUT2D eigenvalue weighted by molar-refractivity contribution is -0.386. The van der Waals surface area contributed by atoms with E-state index in [4.69, 9.17) is 39.4 Å². The van der Waals surface area contributed by atoms with Gasteiger partial charge in [-0.3, -0.25) is 49.1 Å². The van der Waals surface area contributed by atoms with Crippen LogP contribution >= 0.6 is 22.8 Å². The molecule has 5 rings (SSSR count). The van der Waals surface area contributed by atoms with Crippen molar-refractivity contribution in [3.63, 3.8) is 0 Å². The van der Waals surface area contributed by atoms with Gasteiger partial charge in [-0.1, -0.05) is 64.7 Å². The fourth-order valence-electron chi connectivity index (χ4n) is 7.20. The SMILES string of the molecule is C.C.C.COC(=O)[C@H](CCP(=O)(O)C(O)c1ccc(OC)c([N+](=O)[O-])c1)NC(=O)OCc1ccccc1.COC(=O)[C@H](CC[P+](=O)O)NC(=O)OCC1=CC=[C+]C=C1.COc1ccc(C(O)P(=O)(O)CC[C@H](N)C(=O)O)cc1[N+](=O)[O-].COc1ccc(C=O)cc1[N+](=O)[O-]. The van der Waals surface area contributed by atoms with Crippen LogP contribution < -0.4 is 30.6 Å². The summed E-state index contributed by atoms with van der Waals surface area (Å²) < 4.78 is 69.1. The Morgan fingerprint density at radius 3 is 1.48 bits per heavy atom. The van der Waals surface area contributed by atoms with Gasteiger partial charge in [0, 0.05) is 48.6 Å². The van der Waals surface area contributed by atoms with Crippen LogP contribution in [0, 0.1) is 36.4 Å². The van der Waals surface area contributed by atoms with Gasteiger partial charge in [-0.25, -0.2) is 19.2 Å². The monoisotopic (exact) mass is 1390 g/mol. The molecule has 10 N–H and O–H groups in total. The molecule has 0 radical (unpaired) electrons. The molecule has 0 aliphatic heterocycles. The van der Waals surface area contributed by atoms with Crippen molar-refractivity contribution in [1.29, 1.82) is 0 Å². The summed E-state index contributed by atoms with van der Waals surface area (Å²) in [6.45, 7) is -0.0172. The minimum absolute atomic E-state index is 0. The van der Waals surface area contributed by atoms with Gasteiger partial charge in [0.2, 0.25) is 14.7 Å². The van der Waals surface area contributed by atoms with E-state index in [1.165, 1.54) is 70.9 Å². The van der Waals surface area contributed by atoms with E-state index in [9.17, 15) is 92.8 Å². The highest BCUT2D eigenvalue weighted by atomic mass is 31.2. The van der Waals surface area contributed by atoms with Gasteiger partial charge < -0.3 is 74.6 Å². The second-order valence-electron chi connectivity index (χ2n) is 18.3. The summed E-state index contributed by atoms with van der Waals surface area (Å²) in [7, 11) is -4.98. The Balaban J connectivity index is 0. The fraction of sp³-hybridized carbons (Fsp3) is 0.368. The number of carbonyl (C=O) groups excluding carboxylic acids is 5. The van der Waals surface area contributed by atoms with Gasteiger partial charge >= 0.3 is 55.2 Å². The van der Waals surface area contributed by atoms with Crippen molar-refractivity contribution in [1.82, 2.24) is 10.6 Å². The minimum Gasteiger partial charge on any atom is -0.490 e. The standard InChI is InChI=1S/C21H25N2O10P.C13H14NO6P.C12H17N2O8P.C8H7NO4.3CH4/c1-31-18-9-8-15(12-17(18)23(27)28)20(25)34(29,30)11-10-16(19(24)32-2)22-21(26)33-13-14-6-4-3-5-7-14;1-19-12(15)11(7-8-21(17)18)14-13(16)20-9-10-5-3-2-4-6-10;1-22-10-3-2-7(6-9(10)14(18)19)12(17)23(20,21)5-4-8(13)11(15)16;1-13-8-3-2-6(5-10)4-7(8)9(11)12;;;/h3-9,12,16,20,25H,10-11,13H2,1-2H3,(H,22,26)(H,29,30);3-6,11H,7-9H2,1H3;2-3,6,8,12,17H,4-5,13H2,1H3,(H,15,16)(H,20,21);2-5H,1H3;3*1H4/p+2/t16-,20?;11-;8-,12?;;;;/m000..../s1. The number of aldehydes is 1. The molecule has 5 unspecified atom stereocenters. The van der Waals surface area contributed by atoms with Crippen LogP contribution in [0.15, 0.2) is 115 Å². The summed E-state index contributed by atoms with van der Waals surface area (Å²) in [6, 6.07) is 15.8. The van der Waals surface area contributed by atoms with E-state index in [0.29, 0.717) is 11.8 Å². The molecular weight excluding hydrogens is 1310 g/mol. The number of nitrogens with zero attached hydrogens (tertiary/aromatic N) is 3. The fourth-order valence-corrected chi connectivity index (χ4v) is 10.7. The number of rotatable bonds is 29. The Bertz CT molecular complexity index is 3410. The summed E-state index contributed by atoms with van der Waals surface area (Å²) in [4.78, 5) is 128. The third-order valence-corrected chi connectivity index (χ3v) is 16.6. The zero-order valence-electron chi connectivity index (χ0n) is 48.9. The lowest BCUT2D eigenvalue weighted by Crippen LogP contribution is -2.42. The molecule has 516 valence electrons. The molecule has 0 spiro atoms. The summed E-state index contributed by atoms with van der Waals surface area (Å²) in [6.07, 6.45) is 6.53. The molecule has 1 aliphatic rings. The maximum absolute atomic E-state index is 12.8. The maximum atomic E-state index is 12.8. The zero-order valence-corrected chi connectivity index (χ0v) is 51.6. The third kappa shape index (κ3) is 29.4. The highest BCUT2D eigenvalue weighted by Crippen LogP contribution is 2.56. The average Bonchev–Trinajstić information content (AvgIpc) is 0.824. The number of nitro groups is 3. The van der Waals surface area contributed by atoms with Gasteiger partial charge in [0.25, 0.3) is 0 Å². The Morgan fingerprint density at radius 1 is 0.660 bits per heavy atom. The predicted octanol–water partition coefficient (Wildman–Crippen LogP) is 7.95. The molecule has 0 saturated heterocycles. The molecule has 8 atom stereocenters. The van der Waals surface area contributed by atoms with Crippen LogP contribution in [0.3, 0.4) is 0 Å². The van der Waals surface area contributed by atoms with Crippen LogP contribution in [0.25, 0.3) is 0 Å². The number of amides is 2. The number of carboxylic acid groups (broad SMARTS) is 1. The number of alkyl carbamates (subject to hydrolysis) is 2. The van der Waals surface area contributed by atoms with E-state index in [-0.39, 0.29) is 101 Å². The number of benzene rings is 4. The van der Waals surface area contributed by atoms with E-state index in [0.717, 1.165) is 24.8 Å². The number of hydrogen-bond donors (Lipinski definition) is 9. The lowest BCUT2D eigenvalue weighted by atomic mass is 10.2. The topological polar surface area (TPSA) is 519 Å². The molecular formula is C57H77N6O28P3+2. The molecule has 4 aromatic carbocycles. The molecule has 0 bridgehead atoms. The average molecular weight is 1390 g/mol. The number of aliphatic hydroxyl groups is 2. The van der Waals surface area contributed by atoms with Crippen LogP contribution in [-0.2, 0) is 53.6 Å². The number of carboxylic acids is 1. The number of methoxy groups -OCH3 is 5. The number of esters is 2. The van der Waals surface area contributed by atoms with Crippen molar-refractivity contribution < 1.29 is 120 Å². The van der Waals surface area contributed by atoms with Crippen molar-refractivity contribution in [3.05, 3.63) is 173 Å². The maximum Gasteiger partial charge on any atom is 0.505 e. The second-order valence-corrected chi connectivity index (χ2v) is 24.3. The van der Waals surface area contributed by atoms with Gasteiger partial charge in [-0.2, -0.15) is 4.89 Å². The normalized spacial score (nSPS) is 13.6. The van der Waals surface area contributed by atoms with Crippen LogP contribution in [0.1, 0.15) is 80.3 Å². The zero-order chi connectivity index (χ0) is 68.6. The molecule has 0 fully saturated rings. The van der Waals surface area contributed by atoms with Gasteiger partial charge in [0.05, 0.1) is 62.5 Å². The molecule has 0 aromatic heterocycles. The smallest absolute Gasteiger partial charge is 0.490 e. The number of carbonyl (C=O) groups is 6. The van der Waals surface area contributed by atoms with Crippen molar-refractivity contribution in [2.75, 3.05) is 60.6 Å². The number of aliphatic carboxylic acids is 1. The Hall–Kier alpha value is -9.45. The quantitative estimate of drug-likeness (QED) is 0.00473. The minimum atomic E-state index is -4.40. The first-order chi connectivity index (χ1) is 42.9. The first-order valence-electron chi connectivity index (χ1n) is 25.9. The van der Waals surface area contributed by atoms with Gasteiger partial charge in [-0.05, 0) is 58.4 Å². The lowest BCUT2D eigenvalue weighted by Gasteiger charge is -2.21. The van der Waals surface area contributed by atoms with E-state index < -0.39 is 121 Å². The second kappa shape index (κ2) is 43.4. The van der Waals surface area contributed by atoms with E-state index >= 15 is 0 Å². The number of allylic oxidation sites excluding steroid dienone is 4. The largest absolute Gasteiger partial charge is 0.505 e. The number of ether oxygens (including phenoxy) is 7. The van der Waals surface area contributed by atoms with Crippen LogP contribution in [-0.4, -0.2) is 160 Å². The summed E-state index contributed by atoms with van der Waals surface area (Å²) in [5, 5.41) is 66.2. The predicted molar refractivity (Wildman–Crippen MR) is 339 cm³/mol. The van der Waals surface area contributed by atoms with E-state index in [2.05, 4.69) is 26.2 Å². The van der Waals surface area contributed by atoms with Gasteiger partial charge in [0.15, 0.2) is 35.1 Å². The first kappa shape index (κ1) is 86.6. The summed E-state index contributed by atoms with van der Waals surface area (Å²) in [5.74, 6) is -6.78. The Morgan fingerprint density at radius 2 is 1.09 bits per heavy atom. The highest BCUT2D eigenvalue weighted by Gasteiger charge is 2.36. The number of hydrogen-bond acceptors (Lipinski definition) is 25. The Kier molecular flexibility index (Phi) is 40.0. The van der Waals surface area contributed by atoms with Crippen molar-refractivity contribution in [2.45, 2.75) is 78.0 Å². The van der Waals surface area contributed by atoms with Crippen molar-refractivity contribution in [3.8, 4) is 17.2 Å².